The monoisotopic (exact) mass is 322 g/mol. The number of ether oxygens (including phenoxy) is 1. The van der Waals surface area contributed by atoms with Gasteiger partial charge in [0, 0.05) is 21.1 Å². The van der Waals surface area contributed by atoms with Gasteiger partial charge in [0.1, 0.15) is 5.75 Å². The lowest BCUT2D eigenvalue weighted by molar-refractivity contribution is -0.130. The van der Waals surface area contributed by atoms with Crippen LogP contribution >= 0.6 is 0 Å². The van der Waals surface area contributed by atoms with Crippen LogP contribution in [0.25, 0.3) is 0 Å². The van der Waals surface area contributed by atoms with Gasteiger partial charge in [0.15, 0.2) is 6.61 Å². The second-order valence-corrected chi connectivity index (χ2v) is 5.06. The van der Waals surface area contributed by atoms with Crippen LogP contribution in [0, 0.1) is 6.92 Å². The Labute approximate surface area is 135 Å². The molecule has 0 aliphatic carbocycles. The molecule has 0 atom stereocenters. The van der Waals surface area contributed by atoms with E-state index in [4.69, 9.17) is 4.74 Å². The van der Waals surface area contributed by atoms with Crippen molar-refractivity contribution < 1.29 is 19.1 Å². The number of rotatable bonds is 6. The van der Waals surface area contributed by atoms with Gasteiger partial charge in [-0.2, -0.15) is 0 Å². The van der Waals surface area contributed by atoms with Crippen molar-refractivity contribution in [1.29, 1.82) is 0 Å². The summed E-state index contributed by atoms with van der Waals surface area (Å²) in [6, 6.07) is 4.79. The highest BCUT2D eigenvalue weighted by molar-refractivity contribution is 5.96. The number of carbonyl (C=O) groups excluding carboxylic acids is 3. The topological polar surface area (TPSA) is 99.8 Å². The number of nitrogens with zero attached hydrogens (tertiary/aromatic N) is 1. The van der Waals surface area contributed by atoms with Gasteiger partial charge in [-0.3, -0.25) is 14.9 Å². The standard InChI is InChI=1S/C15H22N4O4/c1-10-5-6-11(17-8-13(20)18-15(22)16-2)12(7-10)23-9-14(21)19(3)4/h5-7,17H,8-9H2,1-4H3,(H2,16,18,20,22). The number of imide groups is 1. The zero-order valence-corrected chi connectivity index (χ0v) is 13.7. The minimum Gasteiger partial charge on any atom is -0.482 e. The van der Waals surface area contributed by atoms with Crippen LogP contribution in [0.3, 0.4) is 0 Å². The Hall–Kier alpha value is -2.77. The normalized spacial score (nSPS) is 9.74. The Balaban J connectivity index is 2.69. The van der Waals surface area contributed by atoms with Gasteiger partial charge in [-0.15, -0.1) is 0 Å². The van der Waals surface area contributed by atoms with Gasteiger partial charge in [0.25, 0.3) is 5.91 Å². The fourth-order valence-corrected chi connectivity index (χ4v) is 1.57. The highest BCUT2D eigenvalue weighted by Crippen LogP contribution is 2.25. The van der Waals surface area contributed by atoms with E-state index in [0.29, 0.717) is 11.4 Å². The van der Waals surface area contributed by atoms with E-state index in [9.17, 15) is 14.4 Å². The van der Waals surface area contributed by atoms with Crippen molar-refractivity contribution in [1.82, 2.24) is 15.5 Å². The van der Waals surface area contributed by atoms with E-state index in [-0.39, 0.29) is 19.1 Å². The number of carbonyl (C=O) groups is 3. The third-order valence-corrected chi connectivity index (χ3v) is 2.91. The Bertz CT molecular complexity index is 587. The molecule has 8 heteroatoms. The second kappa shape index (κ2) is 8.62. The summed E-state index contributed by atoms with van der Waals surface area (Å²) in [7, 11) is 4.71. The fraction of sp³-hybridized carbons (Fsp3) is 0.400. The maximum atomic E-state index is 11.6. The molecule has 8 nitrogen and oxygen atoms in total. The SMILES string of the molecule is CNC(=O)NC(=O)CNc1ccc(C)cc1OCC(=O)N(C)C. The van der Waals surface area contributed by atoms with Crippen LogP contribution in [0.4, 0.5) is 10.5 Å². The lowest BCUT2D eigenvalue weighted by Crippen LogP contribution is -2.40. The number of hydrogen-bond acceptors (Lipinski definition) is 5. The van der Waals surface area contributed by atoms with E-state index >= 15 is 0 Å². The molecular formula is C15H22N4O4. The van der Waals surface area contributed by atoms with E-state index < -0.39 is 11.9 Å². The third-order valence-electron chi connectivity index (χ3n) is 2.91. The van der Waals surface area contributed by atoms with Crippen molar-refractivity contribution in [3.05, 3.63) is 23.8 Å². The molecule has 1 rings (SSSR count). The Kier molecular flexibility index (Phi) is 6.85. The predicted octanol–water partition coefficient (Wildman–Crippen LogP) is 0.330. The summed E-state index contributed by atoms with van der Waals surface area (Å²) in [6.07, 6.45) is 0. The van der Waals surface area contributed by atoms with Crippen molar-refractivity contribution in [3.8, 4) is 5.75 Å². The fourth-order valence-electron chi connectivity index (χ4n) is 1.57. The summed E-state index contributed by atoms with van der Waals surface area (Å²) in [5.41, 5.74) is 1.52. The van der Waals surface area contributed by atoms with Crippen LogP contribution < -0.4 is 20.7 Å². The molecule has 1 aromatic rings. The van der Waals surface area contributed by atoms with Crippen LogP contribution in [0.1, 0.15) is 5.56 Å². The number of amides is 4. The number of hydrogen-bond donors (Lipinski definition) is 3. The molecule has 0 spiro atoms. The van der Waals surface area contributed by atoms with Gasteiger partial charge < -0.3 is 20.3 Å². The van der Waals surface area contributed by atoms with E-state index in [1.165, 1.54) is 11.9 Å². The lowest BCUT2D eigenvalue weighted by atomic mass is 10.2. The first-order valence-corrected chi connectivity index (χ1v) is 7.02. The summed E-state index contributed by atoms with van der Waals surface area (Å²) in [4.78, 5) is 35.7. The van der Waals surface area contributed by atoms with E-state index in [1.54, 1.807) is 26.2 Å². The molecule has 0 saturated carbocycles. The third kappa shape index (κ3) is 6.25. The zero-order chi connectivity index (χ0) is 17.4. The van der Waals surface area contributed by atoms with Gasteiger partial charge in [-0.05, 0) is 24.6 Å². The van der Waals surface area contributed by atoms with E-state index in [0.717, 1.165) is 5.56 Å². The molecule has 126 valence electrons. The summed E-state index contributed by atoms with van der Waals surface area (Å²) in [6.45, 7) is 1.69. The molecular weight excluding hydrogens is 300 g/mol. The molecule has 0 aromatic heterocycles. The van der Waals surface area contributed by atoms with E-state index in [1.807, 2.05) is 13.0 Å². The van der Waals surface area contributed by atoms with Gasteiger partial charge >= 0.3 is 6.03 Å². The molecule has 0 unspecified atom stereocenters. The smallest absolute Gasteiger partial charge is 0.321 e. The Morgan fingerprint density at radius 2 is 1.91 bits per heavy atom. The summed E-state index contributed by atoms with van der Waals surface area (Å²) < 4.78 is 5.51. The number of benzene rings is 1. The molecule has 1 aromatic carbocycles. The molecule has 0 fully saturated rings. The molecule has 0 radical (unpaired) electrons. The van der Waals surface area contributed by atoms with Gasteiger partial charge in [-0.25, -0.2) is 4.79 Å². The molecule has 0 aliphatic rings. The minimum atomic E-state index is -0.575. The molecule has 0 heterocycles. The van der Waals surface area contributed by atoms with Crippen LogP contribution in [0.15, 0.2) is 18.2 Å². The number of urea groups is 1. The molecule has 3 N–H and O–H groups in total. The first-order chi connectivity index (χ1) is 10.8. The molecule has 0 aliphatic heterocycles. The summed E-state index contributed by atoms with van der Waals surface area (Å²) >= 11 is 0. The summed E-state index contributed by atoms with van der Waals surface area (Å²) in [5, 5.41) is 7.31. The largest absolute Gasteiger partial charge is 0.482 e. The van der Waals surface area contributed by atoms with Gasteiger partial charge in [0.2, 0.25) is 5.91 Å². The number of nitrogens with one attached hydrogen (secondary N) is 3. The van der Waals surface area contributed by atoms with Crippen LogP contribution in [0.5, 0.6) is 5.75 Å². The van der Waals surface area contributed by atoms with Crippen molar-refractivity contribution >= 4 is 23.5 Å². The first-order valence-electron chi connectivity index (χ1n) is 7.02. The highest BCUT2D eigenvalue weighted by atomic mass is 16.5. The van der Waals surface area contributed by atoms with Gasteiger partial charge in [-0.1, -0.05) is 6.07 Å². The Morgan fingerprint density at radius 3 is 2.52 bits per heavy atom. The second-order valence-electron chi connectivity index (χ2n) is 5.06. The van der Waals surface area contributed by atoms with Crippen LogP contribution in [0.2, 0.25) is 0 Å². The molecule has 0 saturated heterocycles. The quantitative estimate of drug-likeness (QED) is 0.701. The van der Waals surface area contributed by atoms with Gasteiger partial charge in [0.05, 0.1) is 12.2 Å². The maximum absolute atomic E-state index is 11.6. The number of anilines is 1. The highest BCUT2D eigenvalue weighted by Gasteiger charge is 2.11. The molecule has 4 amide bonds. The predicted molar refractivity (Wildman–Crippen MR) is 86.5 cm³/mol. The Morgan fingerprint density at radius 1 is 1.22 bits per heavy atom. The number of likely N-dealkylation sites (N-methyl/N-ethyl adjacent to an activating group) is 1. The first kappa shape index (κ1) is 18.3. The van der Waals surface area contributed by atoms with E-state index in [2.05, 4.69) is 16.0 Å². The molecule has 23 heavy (non-hydrogen) atoms. The van der Waals surface area contributed by atoms with Crippen LogP contribution in [-0.2, 0) is 9.59 Å². The van der Waals surface area contributed by atoms with Crippen molar-refractivity contribution in [3.63, 3.8) is 0 Å². The molecule has 0 bridgehead atoms. The summed E-state index contributed by atoms with van der Waals surface area (Å²) in [5.74, 6) is -0.192. The van der Waals surface area contributed by atoms with Crippen molar-refractivity contribution in [2.75, 3.05) is 39.6 Å². The lowest BCUT2D eigenvalue weighted by Gasteiger charge is -2.15. The average molecular weight is 322 g/mol. The average Bonchev–Trinajstić information content (AvgIpc) is 2.51. The van der Waals surface area contributed by atoms with Crippen molar-refractivity contribution in [2.45, 2.75) is 6.92 Å². The van der Waals surface area contributed by atoms with Crippen molar-refractivity contribution in [2.24, 2.45) is 0 Å². The zero-order valence-electron chi connectivity index (χ0n) is 13.7. The maximum Gasteiger partial charge on any atom is 0.321 e. The number of aryl methyl sites for hydroxylation is 1. The van der Waals surface area contributed by atoms with Crippen LogP contribution in [-0.4, -0.2) is 57.0 Å². The minimum absolute atomic E-state index is 0.102.